The van der Waals surface area contributed by atoms with Crippen LogP contribution in [0, 0.1) is 5.82 Å². The summed E-state index contributed by atoms with van der Waals surface area (Å²) in [5.74, 6) is -3.94. The number of carbonyl (C=O) groups is 2. The number of alkyl halides is 3. The predicted octanol–water partition coefficient (Wildman–Crippen LogP) is 6.78. The first kappa shape index (κ1) is 23.8. The third-order valence-corrected chi connectivity index (χ3v) is 6.03. The summed E-state index contributed by atoms with van der Waals surface area (Å²) in [4.78, 5) is 26.8. The molecule has 0 aliphatic carbocycles. The van der Waals surface area contributed by atoms with Gasteiger partial charge in [0, 0.05) is 16.8 Å². The molecule has 1 aliphatic rings. The van der Waals surface area contributed by atoms with Crippen LogP contribution in [0.3, 0.4) is 0 Å². The molecule has 34 heavy (non-hydrogen) atoms. The van der Waals surface area contributed by atoms with Gasteiger partial charge in [-0.05, 0) is 42.5 Å². The summed E-state index contributed by atoms with van der Waals surface area (Å²) in [6.07, 6.45) is -4.73. The van der Waals surface area contributed by atoms with Crippen molar-refractivity contribution in [3.63, 3.8) is 0 Å². The molecule has 1 unspecified atom stereocenters. The molecule has 0 spiro atoms. The van der Waals surface area contributed by atoms with Crippen LogP contribution in [0.15, 0.2) is 72.3 Å². The Kier molecular flexibility index (Phi) is 6.14. The van der Waals surface area contributed by atoms with Gasteiger partial charge in [-0.25, -0.2) is 4.39 Å². The van der Waals surface area contributed by atoms with Crippen LogP contribution in [0.4, 0.5) is 23.2 Å². The number of aliphatic hydroxyl groups is 1. The van der Waals surface area contributed by atoms with Crippen molar-refractivity contribution in [3.8, 4) is 0 Å². The summed E-state index contributed by atoms with van der Waals surface area (Å²) < 4.78 is 54.8. The van der Waals surface area contributed by atoms with Gasteiger partial charge < -0.3 is 5.11 Å². The zero-order valence-corrected chi connectivity index (χ0v) is 18.4. The highest BCUT2D eigenvalue weighted by Crippen LogP contribution is 2.44. The first-order chi connectivity index (χ1) is 16.0. The molecule has 1 heterocycles. The number of rotatable bonds is 3. The Morgan fingerprint density at radius 1 is 0.912 bits per heavy atom. The van der Waals surface area contributed by atoms with E-state index in [9.17, 15) is 32.3 Å². The van der Waals surface area contributed by atoms with Crippen molar-refractivity contribution in [1.29, 1.82) is 0 Å². The zero-order chi connectivity index (χ0) is 24.8. The van der Waals surface area contributed by atoms with Crippen LogP contribution in [-0.4, -0.2) is 16.8 Å². The van der Waals surface area contributed by atoms with Gasteiger partial charge in [0.25, 0.3) is 11.7 Å². The molecular formula is C24H13Cl2F4NO3. The first-order valence-electron chi connectivity index (χ1n) is 9.69. The third-order valence-electron chi connectivity index (χ3n) is 5.29. The van der Waals surface area contributed by atoms with E-state index in [2.05, 4.69) is 0 Å². The van der Waals surface area contributed by atoms with Crippen molar-refractivity contribution in [3.05, 3.63) is 105 Å². The number of ketones is 1. The van der Waals surface area contributed by atoms with Crippen LogP contribution >= 0.6 is 23.2 Å². The van der Waals surface area contributed by atoms with Crippen molar-refractivity contribution in [1.82, 2.24) is 0 Å². The first-order valence-corrected chi connectivity index (χ1v) is 10.4. The molecule has 0 bridgehead atoms. The lowest BCUT2D eigenvalue weighted by molar-refractivity contribution is -0.137. The SMILES string of the molecule is O=C1C(=O)N(c2cccc(C(F)(F)F)c2)C(c2ccccc2F)/C1=C(\O)c1ccc(Cl)c(Cl)c1. The van der Waals surface area contributed by atoms with Gasteiger partial charge in [0.05, 0.1) is 27.2 Å². The molecule has 0 aromatic heterocycles. The Balaban J connectivity index is 1.98. The smallest absolute Gasteiger partial charge is 0.416 e. The minimum atomic E-state index is -4.73. The molecular weight excluding hydrogens is 497 g/mol. The van der Waals surface area contributed by atoms with E-state index in [4.69, 9.17) is 23.2 Å². The van der Waals surface area contributed by atoms with Crippen molar-refractivity contribution in [2.24, 2.45) is 0 Å². The summed E-state index contributed by atoms with van der Waals surface area (Å²) in [7, 11) is 0. The Morgan fingerprint density at radius 3 is 2.26 bits per heavy atom. The van der Waals surface area contributed by atoms with Gasteiger partial charge in [-0.2, -0.15) is 13.2 Å². The third kappa shape index (κ3) is 4.15. The average molecular weight is 510 g/mol. The zero-order valence-electron chi connectivity index (χ0n) is 16.9. The largest absolute Gasteiger partial charge is 0.507 e. The number of carbonyl (C=O) groups excluding carboxylic acids is 2. The van der Waals surface area contributed by atoms with Crippen LogP contribution in [-0.2, 0) is 15.8 Å². The number of halogens is 6. The van der Waals surface area contributed by atoms with Gasteiger partial charge in [-0.15, -0.1) is 0 Å². The van der Waals surface area contributed by atoms with E-state index in [0.717, 1.165) is 23.1 Å². The van der Waals surface area contributed by atoms with Gasteiger partial charge in [-0.3, -0.25) is 14.5 Å². The molecule has 4 rings (SSSR count). The summed E-state index contributed by atoms with van der Waals surface area (Å²) in [6, 6.07) is 11.3. The van der Waals surface area contributed by atoms with Gasteiger partial charge in [0.15, 0.2) is 0 Å². The van der Waals surface area contributed by atoms with E-state index >= 15 is 0 Å². The monoisotopic (exact) mass is 509 g/mol. The van der Waals surface area contributed by atoms with E-state index in [1.165, 1.54) is 42.5 Å². The molecule has 174 valence electrons. The van der Waals surface area contributed by atoms with Crippen LogP contribution < -0.4 is 4.90 Å². The van der Waals surface area contributed by atoms with E-state index in [1.807, 2.05) is 0 Å². The number of hydrogen-bond acceptors (Lipinski definition) is 3. The lowest BCUT2D eigenvalue weighted by Gasteiger charge is -2.26. The van der Waals surface area contributed by atoms with Gasteiger partial charge in [0.1, 0.15) is 11.6 Å². The highest BCUT2D eigenvalue weighted by atomic mass is 35.5. The summed E-state index contributed by atoms with van der Waals surface area (Å²) >= 11 is 11.9. The predicted molar refractivity (Wildman–Crippen MR) is 119 cm³/mol. The lowest BCUT2D eigenvalue weighted by atomic mass is 9.94. The molecule has 3 aromatic rings. The maximum atomic E-state index is 14.8. The molecule has 1 aliphatic heterocycles. The van der Waals surface area contributed by atoms with E-state index in [-0.39, 0.29) is 26.9 Å². The second kappa shape index (κ2) is 8.77. The van der Waals surface area contributed by atoms with Gasteiger partial charge in [-0.1, -0.05) is 47.5 Å². The number of aliphatic hydroxyl groups excluding tert-OH is 1. The van der Waals surface area contributed by atoms with Gasteiger partial charge in [0.2, 0.25) is 0 Å². The van der Waals surface area contributed by atoms with Gasteiger partial charge >= 0.3 is 6.18 Å². The minimum Gasteiger partial charge on any atom is -0.507 e. The standard InChI is InChI=1S/C24H13Cl2F4NO3/c25-16-9-8-12(10-17(16)26)21(32)19-20(15-6-1-2-7-18(15)27)31(23(34)22(19)33)14-5-3-4-13(11-14)24(28,29)30/h1-11,20,32H/b21-19+. The molecule has 10 heteroatoms. The average Bonchev–Trinajstić information content (AvgIpc) is 3.05. The van der Waals surface area contributed by atoms with Crippen molar-refractivity contribution in [2.45, 2.75) is 12.2 Å². The Labute approximate surface area is 200 Å². The van der Waals surface area contributed by atoms with Crippen LogP contribution in [0.25, 0.3) is 5.76 Å². The van der Waals surface area contributed by atoms with Crippen molar-refractivity contribution >= 4 is 46.3 Å². The lowest BCUT2D eigenvalue weighted by Crippen LogP contribution is -2.30. The summed E-state index contributed by atoms with van der Waals surface area (Å²) in [5.41, 5.74) is -2.05. The fourth-order valence-electron chi connectivity index (χ4n) is 3.72. The molecule has 4 nitrogen and oxygen atoms in total. The summed E-state index contributed by atoms with van der Waals surface area (Å²) in [5, 5.41) is 11.2. The topological polar surface area (TPSA) is 57.6 Å². The number of Topliss-reactive ketones (excluding diaryl/α,β-unsaturated/α-hetero) is 1. The quantitative estimate of drug-likeness (QED) is 0.183. The van der Waals surface area contributed by atoms with Crippen molar-refractivity contribution < 1.29 is 32.3 Å². The van der Waals surface area contributed by atoms with Crippen molar-refractivity contribution in [2.75, 3.05) is 4.90 Å². The fraction of sp³-hybridized carbons (Fsp3) is 0.0833. The molecule has 1 saturated heterocycles. The van der Waals surface area contributed by atoms with E-state index < -0.39 is 46.6 Å². The molecule has 1 atom stereocenters. The molecule has 1 amide bonds. The second-order valence-electron chi connectivity index (χ2n) is 7.37. The normalized spacial score (nSPS) is 17.9. The Bertz CT molecular complexity index is 1350. The van der Waals surface area contributed by atoms with Crippen LogP contribution in [0.2, 0.25) is 10.0 Å². The number of anilines is 1. The Morgan fingerprint density at radius 2 is 1.62 bits per heavy atom. The molecule has 0 saturated carbocycles. The minimum absolute atomic E-state index is 0.0118. The fourth-order valence-corrected chi connectivity index (χ4v) is 4.02. The Hall–Kier alpha value is -3.36. The number of amides is 1. The molecule has 3 aromatic carbocycles. The van der Waals surface area contributed by atoms with Crippen LogP contribution in [0.1, 0.15) is 22.7 Å². The molecule has 1 fully saturated rings. The molecule has 0 radical (unpaired) electrons. The number of benzene rings is 3. The van der Waals surface area contributed by atoms with Crippen LogP contribution in [0.5, 0.6) is 0 Å². The summed E-state index contributed by atoms with van der Waals surface area (Å²) in [6.45, 7) is 0. The number of nitrogens with zero attached hydrogens (tertiary/aromatic N) is 1. The highest BCUT2D eigenvalue weighted by molar-refractivity contribution is 6.51. The second-order valence-corrected chi connectivity index (χ2v) is 8.18. The number of hydrogen-bond donors (Lipinski definition) is 1. The maximum absolute atomic E-state index is 14.8. The van der Waals surface area contributed by atoms with E-state index in [1.54, 1.807) is 0 Å². The van der Waals surface area contributed by atoms with E-state index in [0.29, 0.717) is 6.07 Å². The highest BCUT2D eigenvalue weighted by Gasteiger charge is 2.48. The molecule has 1 N–H and O–H groups in total. The maximum Gasteiger partial charge on any atom is 0.416 e.